The van der Waals surface area contributed by atoms with E-state index in [2.05, 4.69) is 34.7 Å². The van der Waals surface area contributed by atoms with Crippen LogP contribution in [0.1, 0.15) is 36.8 Å². The molecule has 0 fully saturated rings. The van der Waals surface area contributed by atoms with Crippen LogP contribution in [0.4, 0.5) is 0 Å². The summed E-state index contributed by atoms with van der Waals surface area (Å²) in [6, 6.07) is 8.21. The van der Waals surface area contributed by atoms with Crippen LogP contribution in [0, 0.1) is 0 Å². The Balaban J connectivity index is 2.48. The molecule has 0 bridgehead atoms. The van der Waals surface area contributed by atoms with Gasteiger partial charge in [-0.25, -0.2) is 0 Å². The number of hydrogen-bond donors (Lipinski definition) is 1. The third-order valence-electron chi connectivity index (χ3n) is 2.81. The molecule has 0 unspecified atom stereocenters. The molecule has 1 rings (SSSR count). The van der Waals surface area contributed by atoms with Crippen LogP contribution < -0.4 is 0 Å². The van der Waals surface area contributed by atoms with Crippen molar-refractivity contribution in [2.75, 3.05) is 4.43 Å². The van der Waals surface area contributed by atoms with Gasteiger partial charge in [0.2, 0.25) is 0 Å². The maximum atomic E-state index is 10.6. The Morgan fingerprint density at radius 1 is 1.06 bits per heavy atom. The SMILES string of the molecule is O=C(O)CCc1ccccc1CCCCCI. The standard InChI is InChI=1S/C14H19IO2/c15-11-5-1-2-6-12-7-3-4-8-13(12)9-10-14(16)17/h3-4,7-8H,1-2,5-6,9-11H2,(H,16,17). The number of unbranched alkanes of at least 4 members (excludes halogenated alkanes) is 2. The van der Waals surface area contributed by atoms with Crippen molar-refractivity contribution in [3.63, 3.8) is 0 Å². The van der Waals surface area contributed by atoms with Crippen molar-refractivity contribution in [3.05, 3.63) is 35.4 Å². The first-order valence-corrected chi connectivity index (χ1v) is 7.61. The van der Waals surface area contributed by atoms with Gasteiger partial charge in [-0.05, 0) is 41.2 Å². The van der Waals surface area contributed by atoms with Crippen molar-refractivity contribution in [1.29, 1.82) is 0 Å². The van der Waals surface area contributed by atoms with Crippen molar-refractivity contribution >= 4 is 28.6 Å². The molecule has 0 heterocycles. The predicted molar refractivity (Wildman–Crippen MR) is 78.8 cm³/mol. The minimum Gasteiger partial charge on any atom is -0.481 e. The highest BCUT2D eigenvalue weighted by molar-refractivity contribution is 14.1. The second-order valence-electron chi connectivity index (χ2n) is 4.16. The van der Waals surface area contributed by atoms with E-state index in [9.17, 15) is 4.79 Å². The van der Waals surface area contributed by atoms with E-state index in [1.54, 1.807) is 0 Å². The summed E-state index contributed by atoms with van der Waals surface area (Å²) in [5.74, 6) is -0.718. The summed E-state index contributed by atoms with van der Waals surface area (Å²) in [7, 11) is 0. The van der Waals surface area contributed by atoms with Crippen molar-refractivity contribution in [1.82, 2.24) is 0 Å². The Hall–Kier alpha value is -0.580. The van der Waals surface area contributed by atoms with Crippen molar-refractivity contribution in [2.45, 2.75) is 38.5 Å². The summed E-state index contributed by atoms with van der Waals surface area (Å²) in [4.78, 5) is 10.6. The fraction of sp³-hybridized carbons (Fsp3) is 0.500. The maximum Gasteiger partial charge on any atom is 0.303 e. The molecular weight excluding hydrogens is 327 g/mol. The fourth-order valence-corrected chi connectivity index (χ4v) is 2.41. The first-order valence-electron chi connectivity index (χ1n) is 6.08. The zero-order chi connectivity index (χ0) is 12.5. The van der Waals surface area contributed by atoms with E-state index in [-0.39, 0.29) is 6.42 Å². The lowest BCUT2D eigenvalue weighted by Crippen LogP contribution is -2.00. The molecule has 0 saturated heterocycles. The van der Waals surface area contributed by atoms with Crippen LogP contribution in [0.2, 0.25) is 0 Å². The molecule has 0 atom stereocenters. The fourth-order valence-electron chi connectivity index (χ4n) is 1.87. The summed E-state index contributed by atoms with van der Waals surface area (Å²) < 4.78 is 1.22. The normalized spacial score (nSPS) is 10.4. The Morgan fingerprint density at radius 2 is 1.71 bits per heavy atom. The van der Waals surface area contributed by atoms with Gasteiger partial charge in [-0.2, -0.15) is 0 Å². The van der Waals surface area contributed by atoms with Crippen LogP contribution in [0.3, 0.4) is 0 Å². The third-order valence-corrected chi connectivity index (χ3v) is 3.57. The highest BCUT2D eigenvalue weighted by atomic mass is 127. The number of carboxylic acid groups (broad SMARTS) is 1. The van der Waals surface area contributed by atoms with E-state index in [0.29, 0.717) is 6.42 Å². The lowest BCUT2D eigenvalue weighted by molar-refractivity contribution is -0.136. The molecule has 3 heteroatoms. The highest BCUT2D eigenvalue weighted by Gasteiger charge is 2.04. The molecule has 0 aromatic heterocycles. The Labute approximate surface area is 117 Å². The van der Waals surface area contributed by atoms with Crippen molar-refractivity contribution < 1.29 is 9.90 Å². The van der Waals surface area contributed by atoms with Crippen molar-refractivity contribution in [3.8, 4) is 0 Å². The average molecular weight is 346 g/mol. The smallest absolute Gasteiger partial charge is 0.303 e. The van der Waals surface area contributed by atoms with Crippen LogP contribution in [0.5, 0.6) is 0 Å². The first-order chi connectivity index (χ1) is 8.24. The third kappa shape index (κ3) is 6.05. The van der Waals surface area contributed by atoms with Gasteiger partial charge in [-0.3, -0.25) is 4.79 Å². The zero-order valence-electron chi connectivity index (χ0n) is 9.99. The van der Waals surface area contributed by atoms with Gasteiger partial charge in [0.05, 0.1) is 0 Å². The minimum absolute atomic E-state index is 0.227. The van der Waals surface area contributed by atoms with E-state index in [1.807, 2.05) is 12.1 Å². The molecule has 0 aliphatic carbocycles. The van der Waals surface area contributed by atoms with Crippen LogP contribution in [0.25, 0.3) is 0 Å². The number of carboxylic acids is 1. The summed E-state index contributed by atoms with van der Waals surface area (Å²) in [5.41, 5.74) is 2.52. The second kappa shape index (κ2) is 8.50. The topological polar surface area (TPSA) is 37.3 Å². The number of hydrogen-bond acceptors (Lipinski definition) is 1. The molecule has 0 aliphatic rings. The van der Waals surface area contributed by atoms with Gasteiger partial charge in [0.15, 0.2) is 0 Å². The van der Waals surface area contributed by atoms with E-state index in [1.165, 1.54) is 34.8 Å². The summed E-state index contributed by atoms with van der Waals surface area (Å²) in [6.45, 7) is 0. The lowest BCUT2D eigenvalue weighted by atomic mass is 9.98. The number of alkyl halides is 1. The summed E-state index contributed by atoms with van der Waals surface area (Å²) in [6.07, 6.45) is 5.69. The van der Waals surface area contributed by atoms with E-state index in [4.69, 9.17) is 5.11 Å². The van der Waals surface area contributed by atoms with Gasteiger partial charge in [0.25, 0.3) is 0 Å². The van der Waals surface area contributed by atoms with Gasteiger partial charge < -0.3 is 5.11 Å². The molecule has 2 nitrogen and oxygen atoms in total. The average Bonchev–Trinajstić information content (AvgIpc) is 2.33. The van der Waals surface area contributed by atoms with Gasteiger partial charge in [0.1, 0.15) is 0 Å². The van der Waals surface area contributed by atoms with Crippen LogP contribution in [0.15, 0.2) is 24.3 Å². The number of benzene rings is 1. The molecule has 0 aliphatic heterocycles. The monoisotopic (exact) mass is 346 g/mol. The molecule has 17 heavy (non-hydrogen) atoms. The number of carbonyl (C=O) groups is 1. The van der Waals surface area contributed by atoms with Gasteiger partial charge in [-0.1, -0.05) is 53.3 Å². The van der Waals surface area contributed by atoms with Gasteiger partial charge in [-0.15, -0.1) is 0 Å². The lowest BCUT2D eigenvalue weighted by Gasteiger charge is -2.08. The van der Waals surface area contributed by atoms with Gasteiger partial charge >= 0.3 is 5.97 Å². The molecule has 94 valence electrons. The number of aryl methyl sites for hydroxylation is 2. The quantitative estimate of drug-likeness (QED) is 0.441. The molecule has 0 saturated carbocycles. The minimum atomic E-state index is -0.718. The highest BCUT2D eigenvalue weighted by Crippen LogP contribution is 2.15. The molecular formula is C14H19IO2. The Kier molecular flexibility index (Phi) is 7.24. The van der Waals surface area contributed by atoms with E-state index < -0.39 is 5.97 Å². The second-order valence-corrected chi connectivity index (χ2v) is 5.24. The summed E-state index contributed by atoms with van der Waals surface area (Å²) >= 11 is 2.40. The Bertz CT molecular complexity index is 350. The van der Waals surface area contributed by atoms with E-state index in [0.717, 1.165) is 6.42 Å². The van der Waals surface area contributed by atoms with Crippen LogP contribution in [-0.2, 0) is 17.6 Å². The number of aliphatic carboxylic acids is 1. The van der Waals surface area contributed by atoms with Gasteiger partial charge in [0, 0.05) is 6.42 Å². The van der Waals surface area contributed by atoms with Crippen LogP contribution in [-0.4, -0.2) is 15.5 Å². The zero-order valence-corrected chi connectivity index (χ0v) is 12.2. The van der Waals surface area contributed by atoms with Crippen LogP contribution >= 0.6 is 22.6 Å². The molecule has 1 aromatic rings. The molecule has 0 amide bonds. The largest absolute Gasteiger partial charge is 0.481 e. The molecule has 1 aromatic carbocycles. The number of rotatable bonds is 8. The van der Waals surface area contributed by atoms with E-state index >= 15 is 0 Å². The molecule has 0 spiro atoms. The molecule has 0 radical (unpaired) electrons. The number of halogens is 1. The molecule has 1 N–H and O–H groups in total. The maximum absolute atomic E-state index is 10.6. The van der Waals surface area contributed by atoms with Crippen molar-refractivity contribution in [2.24, 2.45) is 0 Å². The first kappa shape index (κ1) is 14.5. The Morgan fingerprint density at radius 3 is 2.29 bits per heavy atom. The summed E-state index contributed by atoms with van der Waals surface area (Å²) in [5, 5.41) is 8.71. The predicted octanol–water partition coefficient (Wildman–Crippen LogP) is 3.85.